The first-order chi connectivity index (χ1) is 10.6. The molecule has 6 nitrogen and oxygen atoms in total. The summed E-state index contributed by atoms with van der Waals surface area (Å²) < 4.78 is 13.3. The van der Waals surface area contributed by atoms with Crippen molar-refractivity contribution in [3.05, 3.63) is 58.4 Å². The molecule has 1 unspecified atom stereocenters. The molecular formula is C15H15FN4O2. The first-order valence-corrected chi connectivity index (χ1v) is 7.10. The number of anilines is 1. The SMILES string of the molecule is O=[N+]([O-])c1cc(F)ccc1N1CCCC(c2ccncn2)C1. The number of nitrogens with zero attached hydrogens (tertiary/aromatic N) is 4. The molecule has 0 radical (unpaired) electrons. The van der Waals surface area contributed by atoms with Gasteiger partial charge in [0.15, 0.2) is 0 Å². The maximum atomic E-state index is 13.3. The predicted molar refractivity (Wildman–Crippen MR) is 79.3 cm³/mol. The van der Waals surface area contributed by atoms with Crippen molar-refractivity contribution in [1.82, 2.24) is 9.97 Å². The van der Waals surface area contributed by atoms with Gasteiger partial charge in [-0.2, -0.15) is 0 Å². The van der Waals surface area contributed by atoms with E-state index in [0.717, 1.165) is 24.6 Å². The molecule has 0 amide bonds. The lowest BCUT2D eigenvalue weighted by Gasteiger charge is -2.33. The highest BCUT2D eigenvalue weighted by Crippen LogP contribution is 2.34. The van der Waals surface area contributed by atoms with Crippen LogP contribution >= 0.6 is 0 Å². The number of nitro benzene ring substituents is 1. The molecule has 22 heavy (non-hydrogen) atoms. The Bertz CT molecular complexity index is 680. The van der Waals surface area contributed by atoms with E-state index in [-0.39, 0.29) is 11.6 Å². The predicted octanol–water partition coefficient (Wildman–Crippen LogP) is 2.91. The van der Waals surface area contributed by atoms with E-state index in [1.807, 2.05) is 11.0 Å². The summed E-state index contributed by atoms with van der Waals surface area (Å²) in [6.45, 7) is 1.34. The van der Waals surface area contributed by atoms with Gasteiger partial charge in [0.1, 0.15) is 17.8 Å². The molecule has 1 aromatic heterocycles. The summed E-state index contributed by atoms with van der Waals surface area (Å²) in [6, 6.07) is 5.59. The zero-order chi connectivity index (χ0) is 15.5. The second kappa shape index (κ2) is 6.05. The molecule has 114 valence electrons. The molecule has 7 heteroatoms. The Kier molecular flexibility index (Phi) is 3.95. The maximum Gasteiger partial charge on any atom is 0.295 e. The van der Waals surface area contributed by atoms with Crippen LogP contribution in [0.2, 0.25) is 0 Å². The molecule has 2 heterocycles. The molecule has 2 aromatic rings. The van der Waals surface area contributed by atoms with Crippen molar-refractivity contribution >= 4 is 11.4 Å². The van der Waals surface area contributed by atoms with Crippen LogP contribution in [0.1, 0.15) is 24.5 Å². The number of halogens is 1. The molecule has 1 aliphatic heterocycles. The molecule has 0 aliphatic carbocycles. The van der Waals surface area contributed by atoms with Crippen LogP contribution in [0.5, 0.6) is 0 Å². The Morgan fingerprint density at radius 3 is 2.95 bits per heavy atom. The number of benzene rings is 1. The zero-order valence-corrected chi connectivity index (χ0v) is 11.9. The van der Waals surface area contributed by atoms with E-state index in [1.165, 1.54) is 18.5 Å². The first-order valence-electron chi connectivity index (χ1n) is 7.10. The quantitative estimate of drug-likeness (QED) is 0.644. The van der Waals surface area contributed by atoms with E-state index in [9.17, 15) is 14.5 Å². The van der Waals surface area contributed by atoms with Gasteiger partial charge in [-0.3, -0.25) is 10.1 Å². The van der Waals surface area contributed by atoms with E-state index >= 15 is 0 Å². The number of piperidine rings is 1. The number of hydrogen-bond donors (Lipinski definition) is 0. The molecule has 1 aliphatic rings. The molecule has 1 aromatic carbocycles. The topological polar surface area (TPSA) is 72.2 Å². The summed E-state index contributed by atoms with van der Waals surface area (Å²) >= 11 is 0. The molecule has 1 saturated heterocycles. The maximum absolute atomic E-state index is 13.3. The van der Waals surface area contributed by atoms with Crippen molar-refractivity contribution < 1.29 is 9.31 Å². The lowest BCUT2D eigenvalue weighted by Crippen LogP contribution is -2.35. The highest BCUT2D eigenvalue weighted by Gasteiger charge is 2.27. The summed E-state index contributed by atoms with van der Waals surface area (Å²) in [7, 11) is 0. The van der Waals surface area contributed by atoms with Crippen LogP contribution in [-0.4, -0.2) is 28.0 Å². The standard InChI is InChI=1S/C15H15FN4O2/c16-12-3-4-14(15(8-12)20(21)22)19-7-1-2-11(9-19)13-5-6-17-10-18-13/h3-6,8,10-11H,1-2,7,9H2. The zero-order valence-electron chi connectivity index (χ0n) is 11.9. The van der Waals surface area contributed by atoms with Crippen LogP contribution in [0, 0.1) is 15.9 Å². The number of nitro groups is 1. The van der Waals surface area contributed by atoms with Gasteiger partial charge in [-0.25, -0.2) is 14.4 Å². The minimum absolute atomic E-state index is 0.191. The van der Waals surface area contributed by atoms with Gasteiger partial charge in [0.05, 0.1) is 11.0 Å². The number of hydrogen-bond acceptors (Lipinski definition) is 5. The Labute approximate surface area is 126 Å². The highest BCUT2D eigenvalue weighted by molar-refractivity contribution is 5.63. The van der Waals surface area contributed by atoms with Crippen LogP contribution in [0.4, 0.5) is 15.8 Å². The van der Waals surface area contributed by atoms with E-state index in [2.05, 4.69) is 9.97 Å². The van der Waals surface area contributed by atoms with Gasteiger partial charge in [-0.15, -0.1) is 0 Å². The lowest BCUT2D eigenvalue weighted by molar-refractivity contribution is -0.384. The van der Waals surface area contributed by atoms with Crippen molar-refractivity contribution in [2.24, 2.45) is 0 Å². The third-order valence-corrected chi connectivity index (χ3v) is 3.92. The Morgan fingerprint density at radius 1 is 1.36 bits per heavy atom. The third kappa shape index (κ3) is 2.88. The van der Waals surface area contributed by atoms with Crippen molar-refractivity contribution in [2.75, 3.05) is 18.0 Å². The van der Waals surface area contributed by atoms with E-state index < -0.39 is 10.7 Å². The molecule has 0 spiro atoms. The summed E-state index contributed by atoms with van der Waals surface area (Å²) in [5.41, 5.74) is 1.21. The fourth-order valence-electron chi connectivity index (χ4n) is 2.89. The largest absolute Gasteiger partial charge is 0.365 e. The minimum Gasteiger partial charge on any atom is -0.365 e. The van der Waals surface area contributed by atoms with Crippen molar-refractivity contribution in [3.8, 4) is 0 Å². The van der Waals surface area contributed by atoms with Gasteiger partial charge < -0.3 is 4.90 Å². The second-order valence-electron chi connectivity index (χ2n) is 5.31. The normalized spacial score (nSPS) is 18.2. The minimum atomic E-state index is -0.597. The van der Waals surface area contributed by atoms with Crippen molar-refractivity contribution in [1.29, 1.82) is 0 Å². The van der Waals surface area contributed by atoms with Gasteiger partial charge in [-0.05, 0) is 31.0 Å². The third-order valence-electron chi connectivity index (χ3n) is 3.92. The van der Waals surface area contributed by atoms with Crippen LogP contribution in [0.15, 0.2) is 36.8 Å². The Balaban J connectivity index is 1.88. The summed E-state index contributed by atoms with van der Waals surface area (Å²) in [6.07, 6.45) is 5.09. The average molecular weight is 302 g/mol. The molecule has 1 atom stereocenters. The summed E-state index contributed by atoms with van der Waals surface area (Å²) in [5, 5.41) is 11.2. The monoisotopic (exact) mass is 302 g/mol. The molecule has 1 fully saturated rings. The van der Waals surface area contributed by atoms with E-state index in [0.29, 0.717) is 18.8 Å². The Morgan fingerprint density at radius 2 is 2.23 bits per heavy atom. The molecule has 3 rings (SSSR count). The first kappa shape index (κ1) is 14.4. The number of aromatic nitrogens is 2. The number of rotatable bonds is 3. The van der Waals surface area contributed by atoms with Gasteiger partial charge in [0.2, 0.25) is 0 Å². The summed E-state index contributed by atoms with van der Waals surface area (Å²) in [5.74, 6) is -0.402. The van der Waals surface area contributed by atoms with Gasteiger partial charge in [0, 0.05) is 30.9 Å². The average Bonchev–Trinajstić information content (AvgIpc) is 2.55. The fraction of sp³-hybridized carbons (Fsp3) is 0.333. The van der Waals surface area contributed by atoms with Crippen LogP contribution in [0.3, 0.4) is 0 Å². The van der Waals surface area contributed by atoms with Crippen LogP contribution < -0.4 is 4.90 Å². The molecule has 0 saturated carbocycles. The van der Waals surface area contributed by atoms with Crippen LogP contribution in [0.25, 0.3) is 0 Å². The fourth-order valence-corrected chi connectivity index (χ4v) is 2.89. The molecular weight excluding hydrogens is 287 g/mol. The van der Waals surface area contributed by atoms with Gasteiger partial charge in [0.25, 0.3) is 5.69 Å². The summed E-state index contributed by atoms with van der Waals surface area (Å²) in [4.78, 5) is 20.7. The van der Waals surface area contributed by atoms with Gasteiger partial charge >= 0.3 is 0 Å². The van der Waals surface area contributed by atoms with E-state index in [1.54, 1.807) is 6.20 Å². The smallest absolute Gasteiger partial charge is 0.295 e. The second-order valence-corrected chi connectivity index (χ2v) is 5.31. The highest BCUT2D eigenvalue weighted by atomic mass is 19.1. The molecule has 0 N–H and O–H groups in total. The van der Waals surface area contributed by atoms with Crippen LogP contribution in [-0.2, 0) is 0 Å². The Hall–Kier alpha value is -2.57. The van der Waals surface area contributed by atoms with E-state index in [4.69, 9.17) is 0 Å². The van der Waals surface area contributed by atoms with Crippen molar-refractivity contribution in [2.45, 2.75) is 18.8 Å². The lowest BCUT2D eigenvalue weighted by atomic mass is 9.94. The molecule has 0 bridgehead atoms. The van der Waals surface area contributed by atoms with Gasteiger partial charge in [-0.1, -0.05) is 0 Å². The van der Waals surface area contributed by atoms with Crippen molar-refractivity contribution in [3.63, 3.8) is 0 Å².